The van der Waals surface area contributed by atoms with Crippen LogP contribution in [0.1, 0.15) is 5.69 Å². The lowest BCUT2D eigenvalue weighted by Gasteiger charge is -2.06. The zero-order valence-electron chi connectivity index (χ0n) is 10.2. The summed E-state index contributed by atoms with van der Waals surface area (Å²) in [5, 5.41) is 6.75. The third kappa shape index (κ3) is 3.35. The monoisotopic (exact) mass is 245 g/mol. The van der Waals surface area contributed by atoms with Gasteiger partial charge in [0.05, 0.1) is 0 Å². The molecule has 0 atom stereocenters. The summed E-state index contributed by atoms with van der Waals surface area (Å²) in [5.41, 5.74) is 1.06. The molecule has 5 heteroatoms. The quantitative estimate of drug-likeness (QED) is 0.892. The zero-order chi connectivity index (χ0) is 12.8. The van der Waals surface area contributed by atoms with Crippen molar-refractivity contribution in [2.45, 2.75) is 6.42 Å². The molecule has 1 aromatic heterocycles. The van der Waals surface area contributed by atoms with Gasteiger partial charge in [-0.3, -0.25) is 4.68 Å². The lowest BCUT2D eigenvalue weighted by Crippen LogP contribution is -2.29. The van der Waals surface area contributed by atoms with Gasteiger partial charge in [0.2, 0.25) is 0 Å². The van der Waals surface area contributed by atoms with Crippen LogP contribution in [0.25, 0.3) is 0 Å². The lowest BCUT2D eigenvalue weighted by atomic mass is 10.3. The van der Waals surface area contributed by atoms with Gasteiger partial charge in [-0.05, 0) is 18.2 Å². The Morgan fingerprint density at radius 3 is 2.78 bits per heavy atom. The average molecular weight is 245 g/mol. The van der Waals surface area contributed by atoms with Crippen LogP contribution in [0, 0.1) is 0 Å². The molecule has 0 fully saturated rings. The first-order valence-corrected chi connectivity index (χ1v) is 5.73. The van der Waals surface area contributed by atoms with E-state index in [1.165, 1.54) is 0 Å². The lowest BCUT2D eigenvalue weighted by molar-refractivity contribution is 0.200. The van der Waals surface area contributed by atoms with Crippen molar-refractivity contribution in [2.24, 2.45) is 7.05 Å². The summed E-state index contributed by atoms with van der Waals surface area (Å²) in [6.45, 7) is 0.519. The summed E-state index contributed by atoms with van der Waals surface area (Å²) < 4.78 is 6.87. The summed E-state index contributed by atoms with van der Waals surface area (Å²) >= 11 is 0. The third-order valence-electron chi connectivity index (χ3n) is 2.53. The molecule has 5 nitrogen and oxygen atoms in total. The van der Waals surface area contributed by atoms with Gasteiger partial charge in [0.1, 0.15) is 5.75 Å². The number of amides is 1. The second-order valence-electron chi connectivity index (χ2n) is 3.83. The molecule has 2 rings (SSSR count). The highest BCUT2D eigenvalue weighted by Crippen LogP contribution is 2.08. The minimum absolute atomic E-state index is 0.441. The summed E-state index contributed by atoms with van der Waals surface area (Å²) in [6.07, 6.45) is 2.02. The normalized spacial score (nSPS) is 10.1. The maximum absolute atomic E-state index is 11.5. The van der Waals surface area contributed by atoms with Crippen molar-refractivity contribution in [1.82, 2.24) is 15.1 Å². The molecule has 0 unspecified atom stereocenters. The second kappa shape index (κ2) is 5.86. The summed E-state index contributed by atoms with van der Waals surface area (Å²) in [4.78, 5) is 11.5. The van der Waals surface area contributed by atoms with Crippen LogP contribution in [0.2, 0.25) is 0 Å². The number of benzene rings is 1. The number of hydrogen-bond acceptors (Lipinski definition) is 3. The van der Waals surface area contributed by atoms with Crippen LogP contribution in [-0.2, 0) is 13.5 Å². The van der Waals surface area contributed by atoms with Crippen molar-refractivity contribution < 1.29 is 9.53 Å². The number of hydrogen-bond donors (Lipinski definition) is 1. The SMILES string of the molecule is Cn1nccc1CCNC(=O)Oc1ccccc1. The van der Waals surface area contributed by atoms with Crippen LogP contribution in [0.5, 0.6) is 5.75 Å². The van der Waals surface area contributed by atoms with Crippen LogP contribution in [-0.4, -0.2) is 22.4 Å². The molecule has 1 N–H and O–H groups in total. The van der Waals surface area contributed by atoms with Gasteiger partial charge >= 0.3 is 6.09 Å². The molecule has 1 heterocycles. The van der Waals surface area contributed by atoms with Crippen molar-refractivity contribution in [1.29, 1.82) is 0 Å². The molecule has 0 spiro atoms. The zero-order valence-corrected chi connectivity index (χ0v) is 10.2. The van der Waals surface area contributed by atoms with Crippen molar-refractivity contribution in [3.63, 3.8) is 0 Å². The Balaban J connectivity index is 1.74. The van der Waals surface area contributed by atoms with Crippen LogP contribution in [0.3, 0.4) is 0 Å². The number of ether oxygens (including phenoxy) is 1. The maximum Gasteiger partial charge on any atom is 0.412 e. The van der Waals surface area contributed by atoms with Gasteiger partial charge in [-0.1, -0.05) is 18.2 Å². The van der Waals surface area contributed by atoms with Crippen molar-refractivity contribution in [2.75, 3.05) is 6.54 Å². The maximum atomic E-state index is 11.5. The number of para-hydroxylation sites is 1. The summed E-state index contributed by atoms with van der Waals surface area (Å²) in [7, 11) is 1.87. The molecule has 0 radical (unpaired) electrons. The van der Waals surface area contributed by atoms with E-state index in [0.29, 0.717) is 12.3 Å². The third-order valence-corrected chi connectivity index (χ3v) is 2.53. The van der Waals surface area contributed by atoms with E-state index >= 15 is 0 Å². The van der Waals surface area contributed by atoms with E-state index in [-0.39, 0.29) is 0 Å². The predicted octanol–water partition coefficient (Wildman–Crippen LogP) is 1.75. The molecule has 0 saturated heterocycles. The molecule has 0 aliphatic rings. The Kier molecular flexibility index (Phi) is 3.96. The molecule has 18 heavy (non-hydrogen) atoms. The molecular formula is C13H15N3O2. The Morgan fingerprint density at radius 2 is 2.11 bits per heavy atom. The second-order valence-corrected chi connectivity index (χ2v) is 3.83. The Labute approximate surface area is 105 Å². The number of rotatable bonds is 4. The number of aryl methyl sites for hydroxylation is 1. The highest BCUT2D eigenvalue weighted by molar-refractivity contribution is 5.70. The molecule has 1 amide bonds. The smallest absolute Gasteiger partial charge is 0.410 e. The molecule has 2 aromatic rings. The van der Waals surface area contributed by atoms with Crippen LogP contribution in [0.4, 0.5) is 4.79 Å². The van der Waals surface area contributed by atoms with Crippen molar-refractivity contribution >= 4 is 6.09 Å². The fourth-order valence-corrected chi connectivity index (χ4v) is 1.57. The summed E-state index contributed by atoms with van der Waals surface area (Å²) in [5.74, 6) is 0.538. The fourth-order valence-electron chi connectivity index (χ4n) is 1.57. The van der Waals surface area contributed by atoms with Gasteiger partial charge in [-0.15, -0.1) is 0 Å². The Morgan fingerprint density at radius 1 is 1.33 bits per heavy atom. The fraction of sp³-hybridized carbons (Fsp3) is 0.231. The van der Waals surface area contributed by atoms with E-state index in [1.807, 2.05) is 31.3 Å². The van der Waals surface area contributed by atoms with Gasteiger partial charge in [-0.2, -0.15) is 5.10 Å². The first-order chi connectivity index (χ1) is 8.75. The van der Waals surface area contributed by atoms with E-state index in [0.717, 1.165) is 12.1 Å². The van der Waals surface area contributed by atoms with E-state index in [9.17, 15) is 4.79 Å². The van der Waals surface area contributed by atoms with Gasteiger partial charge in [-0.25, -0.2) is 4.79 Å². The Hall–Kier alpha value is -2.30. The van der Waals surface area contributed by atoms with Crippen LogP contribution >= 0.6 is 0 Å². The average Bonchev–Trinajstić information content (AvgIpc) is 2.76. The van der Waals surface area contributed by atoms with Gasteiger partial charge in [0.15, 0.2) is 0 Å². The minimum Gasteiger partial charge on any atom is -0.410 e. The number of carbonyl (C=O) groups excluding carboxylic acids is 1. The van der Waals surface area contributed by atoms with E-state index < -0.39 is 6.09 Å². The van der Waals surface area contributed by atoms with Crippen molar-refractivity contribution in [3.05, 3.63) is 48.3 Å². The number of nitrogens with one attached hydrogen (secondary N) is 1. The van der Waals surface area contributed by atoms with E-state index in [2.05, 4.69) is 10.4 Å². The first kappa shape index (κ1) is 12.2. The Bertz CT molecular complexity index is 508. The molecule has 0 saturated carbocycles. The van der Waals surface area contributed by atoms with E-state index in [1.54, 1.807) is 23.0 Å². The van der Waals surface area contributed by atoms with Gasteiger partial charge < -0.3 is 10.1 Å². The topological polar surface area (TPSA) is 56.2 Å². The standard InChI is InChI=1S/C13H15N3O2/c1-16-11(8-10-15-16)7-9-14-13(17)18-12-5-3-2-4-6-12/h2-6,8,10H,7,9H2,1H3,(H,14,17). The minimum atomic E-state index is -0.441. The van der Waals surface area contributed by atoms with Crippen LogP contribution < -0.4 is 10.1 Å². The number of aromatic nitrogens is 2. The molecule has 1 aromatic carbocycles. The largest absolute Gasteiger partial charge is 0.412 e. The highest BCUT2D eigenvalue weighted by Gasteiger charge is 2.04. The number of nitrogens with zero attached hydrogens (tertiary/aromatic N) is 2. The number of carbonyl (C=O) groups is 1. The molecular weight excluding hydrogens is 230 g/mol. The first-order valence-electron chi connectivity index (χ1n) is 5.73. The molecule has 94 valence electrons. The van der Waals surface area contributed by atoms with Gasteiger partial charge in [0.25, 0.3) is 0 Å². The predicted molar refractivity (Wildman–Crippen MR) is 67.4 cm³/mol. The van der Waals surface area contributed by atoms with Crippen molar-refractivity contribution in [3.8, 4) is 5.75 Å². The van der Waals surface area contributed by atoms with E-state index in [4.69, 9.17) is 4.74 Å². The molecule has 0 aliphatic carbocycles. The highest BCUT2D eigenvalue weighted by atomic mass is 16.5. The summed E-state index contributed by atoms with van der Waals surface area (Å²) in [6, 6.07) is 10.9. The van der Waals surface area contributed by atoms with Gasteiger partial charge in [0, 0.05) is 31.9 Å². The molecule has 0 aliphatic heterocycles. The molecule has 0 bridgehead atoms. The van der Waals surface area contributed by atoms with Crippen LogP contribution in [0.15, 0.2) is 42.6 Å².